The SMILES string of the molecule is CC[C@@H](C(=O)NC)N(Cc1ccc(Cl)cc1Cl)C(=O)COc1ccccc1. The quantitative estimate of drug-likeness (QED) is 0.719. The van der Waals surface area contributed by atoms with Crippen LogP contribution in [0.2, 0.25) is 10.0 Å². The Balaban J connectivity index is 2.22. The summed E-state index contributed by atoms with van der Waals surface area (Å²) in [7, 11) is 1.55. The molecule has 0 saturated carbocycles. The van der Waals surface area contributed by atoms with Crippen LogP contribution >= 0.6 is 23.2 Å². The highest BCUT2D eigenvalue weighted by Crippen LogP contribution is 2.24. The number of benzene rings is 2. The predicted molar refractivity (Wildman–Crippen MR) is 107 cm³/mol. The summed E-state index contributed by atoms with van der Waals surface area (Å²) >= 11 is 12.2. The largest absolute Gasteiger partial charge is 0.484 e. The first-order valence-corrected chi connectivity index (χ1v) is 9.34. The summed E-state index contributed by atoms with van der Waals surface area (Å²) in [4.78, 5) is 26.6. The topological polar surface area (TPSA) is 58.6 Å². The van der Waals surface area contributed by atoms with Gasteiger partial charge in [0.2, 0.25) is 5.91 Å². The standard InChI is InChI=1S/C20H22Cl2N2O3/c1-3-18(20(26)23-2)24(12-14-9-10-15(21)11-17(14)22)19(25)13-27-16-7-5-4-6-8-16/h4-11,18H,3,12-13H2,1-2H3,(H,23,26)/t18-/m0/s1. The Kier molecular flexibility index (Phi) is 7.95. The van der Waals surface area contributed by atoms with Crippen LogP contribution in [0.4, 0.5) is 0 Å². The zero-order chi connectivity index (χ0) is 19.8. The molecule has 0 saturated heterocycles. The second kappa shape index (κ2) is 10.2. The fraction of sp³-hybridized carbons (Fsp3) is 0.300. The number of amides is 2. The first-order chi connectivity index (χ1) is 13.0. The average Bonchev–Trinajstić information content (AvgIpc) is 2.68. The number of hydrogen-bond acceptors (Lipinski definition) is 3. The van der Waals surface area contributed by atoms with Crippen molar-refractivity contribution in [2.24, 2.45) is 0 Å². The molecule has 0 aliphatic heterocycles. The lowest BCUT2D eigenvalue weighted by atomic mass is 10.1. The molecule has 0 aromatic heterocycles. The van der Waals surface area contributed by atoms with Crippen LogP contribution in [0.3, 0.4) is 0 Å². The summed E-state index contributed by atoms with van der Waals surface area (Å²) in [5, 5.41) is 3.55. The van der Waals surface area contributed by atoms with E-state index < -0.39 is 6.04 Å². The van der Waals surface area contributed by atoms with Gasteiger partial charge >= 0.3 is 0 Å². The van der Waals surface area contributed by atoms with Gasteiger partial charge in [0.1, 0.15) is 11.8 Å². The van der Waals surface area contributed by atoms with E-state index in [1.165, 1.54) is 4.90 Å². The van der Waals surface area contributed by atoms with E-state index in [0.717, 1.165) is 0 Å². The van der Waals surface area contributed by atoms with E-state index in [2.05, 4.69) is 5.32 Å². The van der Waals surface area contributed by atoms with Crippen LogP contribution < -0.4 is 10.1 Å². The lowest BCUT2D eigenvalue weighted by Gasteiger charge is -2.30. The molecule has 1 N–H and O–H groups in total. The molecule has 0 fully saturated rings. The first kappa shape index (κ1) is 21.1. The molecule has 0 spiro atoms. The normalized spacial score (nSPS) is 11.6. The summed E-state index contributed by atoms with van der Waals surface area (Å²) in [5.74, 6) is 0.0410. The molecule has 0 heterocycles. The maximum Gasteiger partial charge on any atom is 0.261 e. The third kappa shape index (κ3) is 5.88. The van der Waals surface area contributed by atoms with Crippen LogP contribution in [0.25, 0.3) is 0 Å². The van der Waals surface area contributed by atoms with E-state index in [-0.39, 0.29) is 25.0 Å². The highest BCUT2D eigenvalue weighted by molar-refractivity contribution is 6.35. The van der Waals surface area contributed by atoms with Gasteiger partial charge in [0.15, 0.2) is 6.61 Å². The molecule has 1 atom stereocenters. The van der Waals surface area contributed by atoms with E-state index >= 15 is 0 Å². The monoisotopic (exact) mass is 408 g/mol. The number of rotatable bonds is 8. The summed E-state index contributed by atoms with van der Waals surface area (Å²) in [5.41, 5.74) is 0.705. The summed E-state index contributed by atoms with van der Waals surface area (Å²) in [6, 6.07) is 13.5. The van der Waals surface area contributed by atoms with Crippen LogP contribution in [-0.2, 0) is 16.1 Å². The zero-order valence-electron chi connectivity index (χ0n) is 15.2. The van der Waals surface area contributed by atoms with Gasteiger partial charge in [-0.3, -0.25) is 9.59 Å². The Morgan fingerprint density at radius 2 is 1.85 bits per heavy atom. The van der Waals surface area contributed by atoms with Gasteiger partial charge in [-0.25, -0.2) is 0 Å². The van der Waals surface area contributed by atoms with Crippen molar-refractivity contribution < 1.29 is 14.3 Å². The van der Waals surface area contributed by atoms with Gasteiger partial charge in [-0.15, -0.1) is 0 Å². The van der Waals surface area contributed by atoms with Crippen LogP contribution in [0.15, 0.2) is 48.5 Å². The highest BCUT2D eigenvalue weighted by atomic mass is 35.5. The molecule has 2 amide bonds. The number of nitrogens with zero attached hydrogens (tertiary/aromatic N) is 1. The van der Waals surface area contributed by atoms with E-state index in [9.17, 15) is 9.59 Å². The summed E-state index contributed by atoms with van der Waals surface area (Å²) in [6.07, 6.45) is 0.460. The van der Waals surface area contributed by atoms with Crippen LogP contribution in [0.5, 0.6) is 5.75 Å². The van der Waals surface area contributed by atoms with Gasteiger partial charge in [0.25, 0.3) is 5.91 Å². The van der Waals surface area contributed by atoms with Crippen molar-refractivity contribution in [1.29, 1.82) is 0 Å². The molecule has 0 aliphatic carbocycles. The number of nitrogens with one attached hydrogen (secondary N) is 1. The van der Waals surface area contributed by atoms with Crippen molar-refractivity contribution in [2.45, 2.75) is 25.9 Å². The maximum atomic E-state index is 12.9. The lowest BCUT2D eigenvalue weighted by Crippen LogP contribution is -2.49. The molecule has 5 nitrogen and oxygen atoms in total. The van der Waals surface area contributed by atoms with Crippen molar-refractivity contribution in [3.63, 3.8) is 0 Å². The molecule has 0 aliphatic rings. The number of ether oxygens (including phenoxy) is 1. The number of para-hydroxylation sites is 1. The molecular weight excluding hydrogens is 387 g/mol. The number of hydrogen-bond donors (Lipinski definition) is 1. The van der Waals surface area contributed by atoms with Gasteiger partial charge in [-0.05, 0) is 36.2 Å². The number of likely N-dealkylation sites (N-methyl/N-ethyl adjacent to an activating group) is 1. The molecule has 7 heteroatoms. The van der Waals surface area contributed by atoms with Crippen molar-refractivity contribution in [2.75, 3.05) is 13.7 Å². The summed E-state index contributed by atoms with van der Waals surface area (Å²) < 4.78 is 5.57. The van der Waals surface area contributed by atoms with Gasteiger partial charge < -0.3 is 15.0 Å². The average molecular weight is 409 g/mol. The van der Waals surface area contributed by atoms with Gasteiger partial charge in [0.05, 0.1) is 0 Å². The third-order valence-corrected chi connectivity index (χ3v) is 4.68. The smallest absolute Gasteiger partial charge is 0.261 e. The van der Waals surface area contributed by atoms with E-state index in [4.69, 9.17) is 27.9 Å². The van der Waals surface area contributed by atoms with Crippen molar-refractivity contribution in [3.05, 3.63) is 64.1 Å². The Labute approximate surface area is 169 Å². The molecule has 144 valence electrons. The number of carbonyl (C=O) groups excluding carboxylic acids is 2. The Hall–Kier alpha value is -2.24. The Bertz CT molecular complexity index is 784. The molecule has 0 unspecified atom stereocenters. The minimum atomic E-state index is -0.631. The molecule has 0 radical (unpaired) electrons. The molecule has 2 aromatic carbocycles. The molecule has 27 heavy (non-hydrogen) atoms. The number of halogens is 2. The molecule has 2 rings (SSSR count). The fourth-order valence-electron chi connectivity index (χ4n) is 2.66. The molecule has 2 aromatic rings. The van der Waals surface area contributed by atoms with Crippen LogP contribution in [0, 0.1) is 0 Å². The fourth-order valence-corrected chi connectivity index (χ4v) is 3.13. The molecule has 0 bridgehead atoms. The second-order valence-electron chi connectivity index (χ2n) is 5.90. The summed E-state index contributed by atoms with van der Waals surface area (Å²) in [6.45, 7) is 1.85. The van der Waals surface area contributed by atoms with Crippen molar-refractivity contribution in [3.8, 4) is 5.75 Å². The van der Waals surface area contributed by atoms with Crippen LogP contribution in [0.1, 0.15) is 18.9 Å². The zero-order valence-corrected chi connectivity index (χ0v) is 16.8. The first-order valence-electron chi connectivity index (χ1n) is 8.59. The van der Waals surface area contributed by atoms with Crippen molar-refractivity contribution in [1.82, 2.24) is 10.2 Å². The maximum absolute atomic E-state index is 12.9. The minimum Gasteiger partial charge on any atom is -0.484 e. The van der Waals surface area contributed by atoms with Gasteiger partial charge in [-0.1, -0.05) is 54.4 Å². The number of carbonyl (C=O) groups is 2. The highest BCUT2D eigenvalue weighted by Gasteiger charge is 2.28. The molecular formula is C20H22Cl2N2O3. The Morgan fingerprint density at radius 3 is 2.44 bits per heavy atom. The van der Waals surface area contributed by atoms with Gasteiger partial charge in [-0.2, -0.15) is 0 Å². The van der Waals surface area contributed by atoms with Gasteiger partial charge in [0, 0.05) is 23.6 Å². The van der Waals surface area contributed by atoms with E-state index in [1.807, 2.05) is 25.1 Å². The van der Waals surface area contributed by atoms with E-state index in [1.54, 1.807) is 37.4 Å². The lowest BCUT2D eigenvalue weighted by molar-refractivity contribution is -0.142. The Morgan fingerprint density at radius 1 is 1.15 bits per heavy atom. The predicted octanol–water partition coefficient (Wildman–Crippen LogP) is 3.93. The van der Waals surface area contributed by atoms with Crippen LogP contribution in [-0.4, -0.2) is 36.4 Å². The van der Waals surface area contributed by atoms with Crippen molar-refractivity contribution >= 4 is 35.0 Å². The second-order valence-corrected chi connectivity index (χ2v) is 6.74. The third-order valence-electron chi connectivity index (χ3n) is 4.09. The van der Waals surface area contributed by atoms with E-state index in [0.29, 0.717) is 27.8 Å². The minimum absolute atomic E-state index is 0.178.